The molecule has 2 aromatic heterocycles. The number of likely N-dealkylation sites (tertiary alicyclic amines) is 1. The molecule has 9 heteroatoms. The van der Waals surface area contributed by atoms with Crippen LogP contribution in [0.4, 0.5) is 10.6 Å². The summed E-state index contributed by atoms with van der Waals surface area (Å²) in [6.07, 6.45) is 19.2. The van der Waals surface area contributed by atoms with Gasteiger partial charge in [0.25, 0.3) is 0 Å². The van der Waals surface area contributed by atoms with E-state index in [4.69, 9.17) is 19.6 Å². The van der Waals surface area contributed by atoms with Crippen molar-refractivity contribution in [1.82, 2.24) is 19.7 Å². The molecule has 2 bridgehead atoms. The van der Waals surface area contributed by atoms with Crippen LogP contribution in [0.1, 0.15) is 129 Å². The van der Waals surface area contributed by atoms with Gasteiger partial charge in [-0.15, -0.1) is 0 Å². The Hall–Kier alpha value is -3.88. The Labute approximate surface area is 323 Å². The highest BCUT2D eigenvalue weighted by atomic mass is 16.6. The molecule has 3 heterocycles. The number of methoxy groups -OCH3 is 1. The largest absolute Gasteiger partial charge is 0.496 e. The van der Waals surface area contributed by atoms with Crippen LogP contribution < -0.4 is 9.64 Å². The van der Waals surface area contributed by atoms with Gasteiger partial charge in [-0.25, -0.2) is 9.78 Å². The number of anilines is 1. The zero-order valence-corrected chi connectivity index (χ0v) is 33.7. The molecular weight excluding hydrogens is 675 g/mol. The Balaban J connectivity index is 1.10. The van der Waals surface area contributed by atoms with Crippen LogP contribution in [0.15, 0.2) is 48.9 Å². The van der Waals surface area contributed by atoms with Crippen molar-refractivity contribution in [2.24, 2.45) is 17.3 Å². The number of carbonyl (C=O) groups excluding carboxylic acids is 2. The van der Waals surface area contributed by atoms with Crippen LogP contribution >= 0.6 is 0 Å². The number of amides is 2. The third kappa shape index (κ3) is 7.66. The van der Waals surface area contributed by atoms with E-state index in [0.29, 0.717) is 12.5 Å². The minimum atomic E-state index is -0.185. The minimum absolute atomic E-state index is 0.0451. The number of pyridine rings is 1. The molecule has 5 fully saturated rings. The fraction of sp³-hybridized carbons (Fsp3) is 0.644. The smallest absolute Gasteiger partial charge is 0.410 e. The Bertz CT molecular complexity index is 1760. The molecule has 1 aliphatic heterocycles. The third-order valence-corrected chi connectivity index (χ3v) is 14.5. The van der Waals surface area contributed by atoms with E-state index in [1.165, 1.54) is 11.1 Å². The number of nitrogens with zero attached hydrogens (tertiary/aromatic N) is 5. The lowest BCUT2D eigenvalue weighted by molar-refractivity contribution is -0.124. The summed E-state index contributed by atoms with van der Waals surface area (Å²) in [5, 5.41) is 4.79. The van der Waals surface area contributed by atoms with Crippen molar-refractivity contribution in [2.75, 3.05) is 31.6 Å². The Morgan fingerprint density at radius 2 is 1.61 bits per heavy atom. The lowest BCUT2D eigenvalue weighted by Gasteiger charge is -2.55. The third-order valence-electron chi connectivity index (χ3n) is 14.5. The van der Waals surface area contributed by atoms with E-state index in [1.54, 1.807) is 7.11 Å². The van der Waals surface area contributed by atoms with Gasteiger partial charge in [-0.1, -0.05) is 32.9 Å². The number of rotatable bonds is 11. The second-order valence-corrected chi connectivity index (χ2v) is 17.7. The van der Waals surface area contributed by atoms with Crippen molar-refractivity contribution in [3.63, 3.8) is 0 Å². The van der Waals surface area contributed by atoms with E-state index < -0.39 is 0 Å². The number of hydrogen-bond donors (Lipinski definition) is 0. The topological polar surface area (TPSA) is 89.8 Å². The normalized spacial score (nSPS) is 26.1. The van der Waals surface area contributed by atoms with Crippen LogP contribution in [0.3, 0.4) is 0 Å². The highest BCUT2D eigenvalue weighted by molar-refractivity contribution is 5.95. The zero-order valence-electron chi connectivity index (χ0n) is 33.7. The SMILES string of the molecule is CCC(C)(CC)n1cc(-c2ccnc(N(CC34CCC(c5ccc(OC)c(C)c5)(CC3)CC4)C(=O)C3CCC(OC(=O)N4CCC(C)CC4)CC3)c2)cn1. The first-order valence-electron chi connectivity index (χ1n) is 20.9. The van der Waals surface area contributed by atoms with Gasteiger partial charge in [0.15, 0.2) is 0 Å². The van der Waals surface area contributed by atoms with Crippen LogP contribution in [-0.4, -0.2) is 64.5 Å². The number of aromatic nitrogens is 3. The molecule has 8 rings (SSSR count). The quantitative estimate of drug-likeness (QED) is 0.195. The van der Waals surface area contributed by atoms with Gasteiger partial charge in [0.2, 0.25) is 5.91 Å². The van der Waals surface area contributed by atoms with Gasteiger partial charge in [-0.3, -0.25) is 14.4 Å². The fourth-order valence-electron chi connectivity index (χ4n) is 9.89. The van der Waals surface area contributed by atoms with Gasteiger partial charge in [-0.05, 0) is 155 Å². The van der Waals surface area contributed by atoms with Gasteiger partial charge >= 0.3 is 6.09 Å². The summed E-state index contributed by atoms with van der Waals surface area (Å²) < 4.78 is 13.7. The van der Waals surface area contributed by atoms with Crippen molar-refractivity contribution in [2.45, 2.75) is 142 Å². The molecule has 3 aromatic rings. The van der Waals surface area contributed by atoms with E-state index in [0.717, 1.165) is 126 Å². The number of fused-ring (bicyclic) bond motifs is 3. The first-order valence-corrected chi connectivity index (χ1v) is 20.9. The second kappa shape index (κ2) is 15.7. The molecule has 4 saturated carbocycles. The Kier molecular flexibility index (Phi) is 11.2. The predicted octanol–water partition coefficient (Wildman–Crippen LogP) is 9.85. The molecule has 1 saturated heterocycles. The van der Waals surface area contributed by atoms with Crippen LogP contribution in [0.5, 0.6) is 5.75 Å². The number of aryl methyl sites for hydroxylation is 1. The number of carbonyl (C=O) groups is 2. The molecule has 9 nitrogen and oxygen atoms in total. The molecule has 5 aliphatic rings. The summed E-state index contributed by atoms with van der Waals surface area (Å²) in [4.78, 5) is 36.6. The lowest BCUT2D eigenvalue weighted by Crippen LogP contribution is -2.52. The average Bonchev–Trinajstić information content (AvgIpc) is 3.72. The van der Waals surface area contributed by atoms with Gasteiger partial charge < -0.3 is 14.4 Å². The molecule has 2 amide bonds. The highest BCUT2D eigenvalue weighted by Gasteiger charge is 2.51. The van der Waals surface area contributed by atoms with Crippen molar-refractivity contribution < 1.29 is 19.1 Å². The van der Waals surface area contributed by atoms with E-state index in [1.807, 2.05) is 23.4 Å². The lowest BCUT2D eigenvalue weighted by atomic mass is 9.51. The fourth-order valence-corrected chi connectivity index (χ4v) is 9.89. The van der Waals surface area contributed by atoms with Crippen LogP contribution in [-0.2, 0) is 20.5 Å². The predicted molar refractivity (Wildman–Crippen MR) is 214 cm³/mol. The minimum Gasteiger partial charge on any atom is -0.496 e. The molecule has 1 aromatic carbocycles. The molecule has 4 aliphatic carbocycles. The Morgan fingerprint density at radius 3 is 2.24 bits per heavy atom. The van der Waals surface area contributed by atoms with Crippen molar-refractivity contribution in [3.8, 4) is 16.9 Å². The maximum atomic E-state index is 14.8. The number of benzene rings is 1. The van der Waals surface area contributed by atoms with Gasteiger partial charge in [0, 0.05) is 43.5 Å². The van der Waals surface area contributed by atoms with Gasteiger partial charge in [-0.2, -0.15) is 5.10 Å². The maximum absolute atomic E-state index is 14.8. The standard InChI is InChI=1S/C45H63N5O4/c1-7-43(5,8-2)50-30-36(29-47-50)35-15-24-46-40(28-35)49(41(51)34-9-12-38(13-10-34)54-42(52)48-25-16-32(3)17-26-48)31-44-18-21-45(22-19-44,23-20-44)37-11-14-39(53-6)33(4)27-37/h11,14-15,24,27-30,32,34,38H,7-10,12-13,16-23,25-26,31H2,1-6H3. The van der Waals surface area contributed by atoms with Crippen molar-refractivity contribution >= 4 is 17.8 Å². The van der Waals surface area contributed by atoms with Crippen LogP contribution in [0.25, 0.3) is 11.1 Å². The molecule has 0 unspecified atom stereocenters. The summed E-state index contributed by atoms with van der Waals surface area (Å²) in [5.41, 5.74) is 4.91. The summed E-state index contributed by atoms with van der Waals surface area (Å²) >= 11 is 0. The summed E-state index contributed by atoms with van der Waals surface area (Å²) in [7, 11) is 1.74. The van der Waals surface area contributed by atoms with Crippen LogP contribution in [0, 0.1) is 24.2 Å². The molecule has 292 valence electrons. The molecule has 0 spiro atoms. The average molecular weight is 738 g/mol. The Morgan fingerprint density at radius 1 is 0.926 bits per heavy atom. The van der Waals surface area contributed by atoms with Crippen LogP contribution in [0.2, 0.25) is 0 Å². The molecule has 54 heavy (non-hydrogen) atoms. The highest BCUT2D eigenvalue weighted by Crippen LogP contribution is 2.58. The molecule has 0 radical (unpaired) electrons. The zero-order chi connectivity index (χ0) is 38.1. The summed E-state index contributed by atoms with van der Waals surface area (Å²) in [6.45, 7) is 13.3. The van der Waals surface area contributed by atoms with Gasteiger partial charge in [0.1, 0.15) is 17.7 Å². The van der Waals surface area contributed by atoms with E-state index in [-0.39, 0.29) is 40.4 Å². The van der Waals surface area contributed by atoms with Crippen molar-refractivity contribution in [1.29, 1.82) is 0 Å². The summed E-state index contributed by atoms with van der Waals surface area (Å²) in [6, 6.07) is 10.9. The molecule has 0 N–H and O–H groups in total. The van der Waals surface area contributed by atoms with E-state index >= 15 is 0 Å². The van der Waals surface area contributed by atoms with E-state index in [9.17, 15) is 9.59 Å². The number of hydrogen-bond acceptors (Lipinski definition) is 6. The second-order valence-electron chi connectivity index (χ2n) is 17.7. The van der Waals surface area contributed by atoms with Gasteiger partial charge in [0.05, 0.1) is 18.8 Å². The monoisotopic (exact) mass is 737 g/mol. The first kappa shape index (κ1) is 38.4. The number of ether oxygens (including phenoxy) is 2. The molecule has 0 atom stereocenters. The van der Waals surface area contributed by atoms with Crippen molar-refractivity contribution in [3.05, 3.63) is 60.0 Å². The van der Waals surface area contributed by atoms with E-state index in [2.05, 4.69) is 74.7 Å². The maximum Gasteiger partial charge on any atom is 0.410 e. The molecular formula is C45H63N5O4. The summed E-state index contributed by atoms with van der Waals surface area (Å²) in [5.74, 6) is 2.38. The first-order chi connectivity index (χ1) is 26.0. The number of piperidine rings is 1.